The average molecular weight is 443 g/mol. The number of aliphatic hydroxyl groups is 1. The van der Waals surface area contributed by atoms with Crippen LogP contribution in [0.5, 0.6) is 0 Å². The molecule has 1 aromatic carbocycles. The van der Waals surface area contributed by atoms with Gasteiger partial charge in [-0.25, -0.2) is 9.18 Å². The Morgan fingerprint density at radius 3 is 2.69 bits per heavy atom. The molecule has 1 heterocycles. The molecule has 0 saturated carbocycles. The van der Waals surface area contributed by atoms with E-state index in [0.29, 0.717) is 6.54 Å². The van der Waals surface area contributed by atoms with Gasteiger partial charge in [-0.3, -0.25) is 9.59 Å². The minimum Gasteiger partial charge on any atom is -0.454 e. The number of hydrogen-bond acceptors (Lipinski definition) is 6. The monoisotopic (exact) mass is 442 g/mol. The Morgan fingerprint density at radius 1 is 1.34 bits per heavy atom. The summed E-state index contributed by atoms with van der Waals surface area (Å²) in [4.78, 5) is 38.0. The molecule has 0 bridgehead atoms. The zero-order valence-corrected chi connectivity index (χ0v) is 17.3. The standard InChI is InChI=1S/C19H20ClFN2O5S/c1-11(24)17(22-18(26)14-7-13(20)3-4-15(14)21)19(27)28-9-16(25)23(2)8-12-5-6-29-10-12/h3-7,10-11,17,24H,8-9H2,1-2H3,(H,22,26)/t11-,17-/m1/s1. The van der Waals surface area contributed by atoms with E-state index in [9.17, 15) is 23.9 Å². The van der Waals surface area contributed by atoms with Crippen molar-refractivity contribution in [2.24, 2.45) is 0 Å². The van der Waals surface area contributed by atoms with E-state index in [1.54, 1.807) is 7.05 Å². The summed E-state index contributed by atoms with van der Waals surface area (Å²) in [6.45, 7) is 1.04. The Balaban J connectivity index is 1.95. The van der Waals surface area contributed by atoms with Crippen LogP contribution in [-0.4, -0.2) is 53.6 Å². The molecular formula is C19H20ClFN2O5S. The molecule has 0 radical (unpaired) electrons. The maximum Gasteiger partial charge on any atom is 0.331 e. The SMILES string of the molecule is C[C@@H](O)[C@@H](NC(=O)c1cc(Cl)ccc1F)C(=O)OCC(=O)N(C)Cc1ccsc1. The number of rotatable bonds is 8. The highest BCUT2D eigenvalue weighted by molar-refractivity contribution is 7.07. The molecule has 1 aromatic heterocycles. The number of likely N-dealkylation sites (N-methyl/N-ethyl adjacent to an activating group) is 1. The van der Waals surface area contributed by atoms with Crippen LogP contribution in [0, 0.1) is 5.82 Å². The van der Waals surface area contributed by atoms with Crippen molar-refractivity contribution in [3.8, 4) is 0 Å². The number of carbonyl (C=O) groups excluding carboxylic acids is 3. The summed E-state index contributed by atoms with van der Waals surface area (Å²) in [5, 5.41) is 15.9. The van der Waals surface area contributed by atoms with Crippen molar-refractivity contribution in [1.29, 1.82) is 0 Å². The quantitative estimate of drug-likeness (QED) is 0.611. The van der Waals surface area contributed by atoms with E-state index in [1.165, 1.54) is 29.2 Å². The van der Waals surface area contributed by atoms with Crippen LogP contribution in [0.1, 0.15) is 22.8 Å². The van der Waals surface area contributed by atoms with Crippen molar-refractivity contribution < 1.29 is 28.6 Å². The molecule has 10 heteroatoms. The van der Waals surface area contributed by atoms with Crippen molar-refractivity contribution in [1.82, 2.24) is 10.2 Å². The van der Waals surface area contributed by atoms with Crippen molar-refractivity contribution in [3.63, 3.8) is 0 Å². The first-order valence-corrected chi connectivity index (χ1v) is 9.86. The van der Waals surface area contributed by atoms with E-state index in [2.05, 4.69) is 5.32 Å². The number of benzene rings is 1. The van der Waals surface area contributed by atoms with Crippen LogP contribution in [0.25, 0.3) is 0 Å². The molecule has 156 valence electrons. The zero-order valence-electron chi connectivity index (χ0n) is 15.7. The van der Waals surface area contributed by atoms with E-state index in [-0.39, 0.29) is 10.6 Å². The van der Waals surface area contributed by atoms with Crippen LogP contribution in [0.15, 0.2) is 35.0 Å². The van der Waals surface area contributed by atoms with Crippen molar-refractivity contribution in [2.45, 2.75) is 25.6 Å². The van der Waals surface area contributed by atoms with Gasteiger partial charge in [0.15, 0.2) is 12.6 Å². The van der Waals surface area contributed by atoms with Gasteiger partial charge in [-0.15, -0.1) is 0 Å². The first kappa shape index (κ1) is 22.8. The predicted octanol–water partition coefficient (Wildman–Crippen LogP) is 2.22. The fraction of sp³-hybridized carbons (Fsp3) is 0.316. The summed E-state index contributed by atoms with van der Waals surface area (Å²) in [6, 6.07) is 3.76. The largest absolute Gasteiger partial charge is 0.454 e. The molecule has 2 N–H and O–H groups in total. The third-order valence-electron chi connectivity index (χ3n) is 3.96. The first-order valence-electron chi connectivity index (χ1n) is 8.54. The molecule has 0 saturated heterocycles. The number of thiophene rings is 1. The Bertz CT molecular complexity index is 875. The average Bonchev–Trinajstić information content (AvgIpc) is 3.18. The molecular weight excluding hydrogens is 423 g/mol. The number of nitrogens with one attached hydrogen (secondary N) is 1. The summed E-state index contributed by atoms with van der Waals surface area (Å²) in [6.07, 6.45) is -1.34. The molecule has 0 fully saturated rings. The number of ether oxygens (including phenoxy) is 1. The smallest absolute Gasteiger partial charge is 0.331 e. The third kappa shape index (κ3) is 6.52. The van der Waals surface area contributed by atoms with Gasteiger partial charge < -0.3 is 20.1 Å². The number of hydrogen-bond donors (Lipinski definition) is 2. The van der Waals surface area contributed by atoms with E-state index in [1.807, 2.05) is 16.8 Å². The minimum absolute atomic E-state index is 0.131. The van der Waals surface area contributed by atoms with Gasteiger partial charge in [0.2, 0.25) is 0 Å². The lowest BCUT2D eigenvalue weighted by Crippen LogP contribution is -2.49. The van der Waals surface area contributed by atoms with Crippen LogP contribution in [-0.2, 0) is 20.9 Å². The van der Waals surface area contributed by atoms with Gasteiger partial charge in [0.1, 0.15) is 5.82 Å². The van der Waals surface area contributed by atoms with Crippen LogP contribution in [0.3, 0.4) is 0 Å². The van der Waals surface area contributed by atoms with E-state index >= 15 is 0 Å². The number of esters is 1. The molecule has 0 spiro atoms. The number of carbonyl (C=O) groups is 3. The Morgan fingerprint density at radius 2 is 2.07 bits per heavy atom. The Hall–Kier alpha value is -2.49. The molecule has 2 atom stereocenters. The maximum atomic E-state index is 13.8. The van der Waals surface area contributed by atoms with Gasteiger partial charge in [0, 0.05) is 18.6 Å². The zero-order chi connectivity index (χ0) is 21.6. The molecule has 2 aromatic rings. The molecule has 2 amide bonds. The normalized spacial score (nSPS) is 12.7. The van der Waals surface area contributed by atoms with Gasteiger partial charge in [-0.2, -0.15) is 11.3 Å². The van der Waals surface area contributed by atoms with Gasteiger partial charge >= 0.3 is 5.97 Å². The van der Waals surface area contributed by atoms with Crippen molar-refractivity contribution >= 4 is 40.7 Å². The second-order valence-corrected chi connectivity index (χ2v) is 7.52. The predicted molar refractivity (Wildman–Crippen MR) is 106 cm³/mol. The van der Waals surface area contributed by atoms with E-state index < -0.39 is 42.4 Å². The number of nitrogens with zero attached hydrogens (tertiary/aromatic N) is 1. The lowest BCUT2D eigenvalue weighted by molar-refractivity contribution is -0.155. The summed E-state index contributed by atoms with van der Waals surface area (Å²) >= 11 is 7.26. The topological polar surface area (TPSA) is 95.9 Å². The highest BCUT2D eigenvalue weighted by Crippen LogP contribution is 2.15. The number of halogens is 2. The fourth-order valence-electron chi connectivity index (χ4n) is 2.34. The van der Waals surface area contributed by atoms with Gasteiger partial charge in [0.25, 0.3) is 11.8 Å². The number of aliphatic hydroxyl groups excluding tert-OH is 1. The van der Waals surface area contributed by atoms with Gasteiger partial charge in [-0.05, 0) is 47.5 Å². The molecule has 7 nitrogen and oxygen atoms in total. The van der Waals surface area contributed by atoms with E-state index in [4.69, 9.17) is 16.3 Å². The molecule has 2 rings (SSSR count). The molecule has 0 unspecified atom stereocenters. The van der Waals surface area contributed by atoms with Crippen LogP contribution in [0.4, 0.5) is 4.39 Å². The summed E-state index contributed by atoms with van der Waals surface area (Å²) < 4.78 is 18.8. The molecule has 0 aliphatic rings. The van der Waals surface area contributed by atoms with Crippen molar-refractivity contribution in [3.05, 3.63) is 57.0 Å². The summed E-state index contributed by atoms with van der Waals surface area (Å²) in [5.41, 5.74) is 0.553. The highest BCUT2D eigenvalue weighted by Gasteiger charge is 2.29. The second kappa shape index (κ2) is 10.3. The van der Waals surface area contributed by atoms with Crippen molar-refractivity contribution in [2.75, 3.05) is 13.7 Å². The van der Waals surface area contributed by atoms with Gasteiger partial charge in [0.05, 0.1) is 11.7 Å². The lowest BCUT2D eigenvalue weighted by atomic mass is 10.1. The summed E-state index contributed by atoms with van der Waals surface area (Å²) in [7, 11) is 1.56. The van der Waals surface area contributed by atoms with Crippen LogP contribution >= 0.6 is 22.9 Å². The highest BCUT2D eigenvalue weighted by atomic mass is 35.5. The lowest BCUT2D eigenvalue weighted by Gasteiger charge is -2.21. The second-order valence-electron chi connectivity index (χ2n) is 6.31. The molecule has 29 heavy (non-hydrogen) atoms. The first-order chi connectivity index (χ1) is 13.7. The molecule has 0 aliphatic carbocycles. The van der Waals surface area contributed by atoms with Crippen LogP contribution in [0.2, 0.25) is 5.02 Å². The van der Waals surface area contributed by atoms with E-state index in [0.717, 1.165) is 17.7 Å². The molecule has 0 aliphatic heterocycles. The minimum atomic E-state index is -1.49. The number of amides is 2. The third-order valence-corrected chi connectivity index (χ3v) is 4.93. The maximum absolute atomic E-state index is 13.8. The Labute approximate surface area is 176 Å². The van der Waals surface area contributed by atoms with Crippen LogP contribution < -0.4 is 5.32 Å². The Kier molecular flexibility index (Phi) is 8.12. The van der Waals surface area contributed by atoms with Gasteiger partial charge in [-0.1, -0.05) is 11.6 Å². The summed E-state index contributed by atoms with van der Waals surface area (Å²) in [5.74, 6) is -3.27. The fourth-order valence-corrected chi connectivity index (χ4v) is 3.18.